The number of ether oxygens (including phenoxy) is 1. The molecule has 10 nitrogen and oxygen atoms in total. The first kappa shape index (κ1) is 34.4. The van der Waals surface area contributed by atoms with E-state index in [9.17, 15) is 22.8 Å². The lowest BCUT2D eigenvalue weighted by molar-refractivity contribution is -0.137. The highest BCUT2D eigenvalue weighted by Crippen LogP contribution is 2.37. The maximum absolute atomic E-state index is 14.3. The van der Waals surface area contributed by atoms with Gasteiger partial charge in [0.2, 0.25) is 11.7 Å². The highest BCUT2D eigenvalue weighted by Gasteiger charge is 2.53. The Hall–Kier alpha value is -2.97. The molecule has 0 saturated carbocycles. The Labute approximate surface area is 276 Å². The number of hydrogen-bond donors (Lipinski definition) is 2. The molecule has 4 heterocycles. The predicted octanol–water partition coefficient (Wildman–Crippen LogP) is -0.555. The summed E-state index contributed by atoms with van der Waals surface area (Å²) in [6, 6.07) is 2.47. The maximum Gasteiger partial charge on any atom is 0.416 e. The van der Waals surface area contributed by atoms with Gasteiger partial charge in [-0.2, -0.15) is 22.7 Å². The second-order valence-electron chi connectivity index (χ2n) is 11.0. The number of alkyl halides is 3. The van der Waals surface area contributed by atoms with Crippen LogP contribution in [-0.4, -0.2) is 115 Å². The minimum absolute atomic E-state index is 0.0294. The standard InChI is InChI=1S/C25H20B7ClF3N7O3/c1-2-15-17(43-22(27,28)20(26)39-24(29,30)25(43,31)32)19(45)42-21(38-18(40-42)11-5-7-46-8-6-11)41(15)10-16(44)37-14-4-3-12(9-13(14)33)23(34,35)36/h3-5,9,20,39H,2,6-8,10H2,1H3,(H,37,44). The van der Waals surface area contributed by atoms with Crippen LogP contribution in [0.3, 0.4) is 0 Å². The van der Waals surface area contributed by atoms with E-state index >= 15 is 0 Å². The first-order chi connectivity index (χ1) is 21.3. The molecule has 14 radical (unpaired) electrons. The molecule has 46 heavy (non-hydrogen) atoms. The van der Waals surface area contributed by atoms with Gasteiger partial charge in [-0.3, -0.25) is 9.59 Å². The second kappa shape index (κ2) is 11.9. The summed E-state index contributed by atoms with van der Waals surface area (Å²) in [4.78, 5) is 33.2. The maximum atomic E-state index is 14.3. The first-order valence-electron chi connectivity index (χ1n) is 13.8. The molecule has 1 aromatic carbocycles. The van der Waals surface area contributed by atoms with Gasteiger partial charge in [-0.05, 0) is 53.2 Å². The SMILES string of the molecule is [B]C1NC([B])([B])C([B])([B])N(c2c(CC)n(CC(=O)Nc3ccc(C(F)(F)F)cc3Cl)c3nc(C4=CCOCC4)nn3c2=O)C1([B])[B]. The Morgan fingerprint density at radius 3 is 2.50 bits per heavy atom. The molecule has 1 atom stereocenters. The highest BCUT2D eigenvalue weighted by atomic mass is 35.5. The van der Waals surface area contributed by atoms with Gasteiger partial charge in [-0.1, -0.05) is 29.9 Å². The number of benzene rings is 1. The number of hydrogen-bond acceptors (Lipinski definition) is 7. The van der Waals surface area contributed by atoms with Crippen LogP contribution in [0.15, 0.2) is 29.1 Å². The van der Waals surface area contributed by atoms with Crippen LogP contribution >= 0.6 is 11.6 Å². The van der Waals surface area contributed by atoms with Crippen molar-refractivity contribution in [3.8, 4) is 0 Å². The third-order valence-corrected chi connectivity index (χ3v) is 8.13. The number of nitrogens with one attached hydrogen (secondary N) is 2. The summed E-state index contributed by atoms with van der Waals surface area (Å²) in [6.45, 7) is 1.76. The summed E-state index contributed by atoms with van der Waals surface area (Å²) in [6.07, 6.45) is -2.44. The molecular weight excluding hydrogens is 614 g/mol. The zero-order valence-corrected chi connectivity index (χ0v) is 25.2. The summed E-state index contributed by atoms with van der Waals surface area (Å²) in [7, 11) is 44.2. The fraction of sp³-hybridized carbons (Fsp3) is 0.440. The molecule has 3 aromatic rings. The number of halogens is 4. The molecule has 0 bridgehead atoms. The average Bonchev–Trinajstić information content (AvgIpc) is 3.41. The zero-order valence-electron chi connectivity index (χ0n) is 24.4. The lowest BCUT2D eigenvalue weighted by Gasteiger charge is -2.67. The van der Waals surface area contributed by atoms with E-state index in [1.807, 2.05) is 0 Å². The van der Waals surface area contributed by atoms with Crippen molar-refractivity contribution in [3.63, 3.8) is 0 Å². The van der Waals surface area contributed by atoms with Crippen LogP contribution < -0.4 is 21.1 Å². The lowest BCUT2D eigenvalue weighted by Crippen LogP contribution is -2.87. The van der Waals surface area contributed by atoms with E-state index in [0.29, 0.717) is 24.7 Å². The van der Waals surface area contributed by atoms with Gasteiger partial charge in [0.15, 0.2) is 5.82 Å². The topological polar surface area (TPSA) is 106 Å². The summed E-state index contributed by atoms with van der Waals surface area (Å²) < 4.78 is 47.1. The van der Waals surface area contributed by atoms with Crippen molar-refractivity contribution in [1.29, 1.82) is 0 Å². The Kier molecular flexibility index (Phi) is 8.91. The third-order valence-electron chi connectivity index (χ3n) is 7.82. The fourth-order valence-electron chi connectivity index (χ4n) is 5.34. The Balaban J connectivity index is 1.70. The van der Waals surface area contributed by atoms with Crippen LogP contribution in [0.2, 0.25) is 5.02 Å². The molecule has 2 N–H and O–H groups in total. The molecule has 1 unspecified atom stereocenters. The van der Waals surface area contributed by atoms with Crippen molar-refractivity contribution < 1.29 is 22.7 Å². The van der Waals surface area contributed by atoms with E-state index in [1.165, 1.54) is 4.57 Å². The molecule has 222 valence electrons. The average molecular weight is 635 g/mol. The van der Waals surface area contributed by atoms with E-state index in [4.69, 9.17) is 71.3 Å². The molecule has 1 amide bonds. The minimum atomic E-state index is -4.65. The van der Waals surface area contributed by atoms with Crippen LogP contribution in [0, 0.1) is 0 Å². The highest BCUT2D eigenvalue weighted by molar-refractivity contribution is 6.58. The van der Waals surface area contributed by atoms with Crippen molar-refractivity contribution >= 4 is 95.2 Å². The molecule has 2 aliphatic rings. The van der Waals surface area contributed by atoms with Crippen LogP contribution in [0.1, 0.15) is 30.4 Å². The number of carbonyl (C=O) groups is 1. The van der Waals surface area contributed by atoms with Crippen LogP contribution in [0.5, 0.6) is 0 Å². The number of rotatable bonds is 6. The number of aromatic nitrogens is 4. The van der Waals surface area contributed by atoms with E-state index in [2.05, 4.69) is 20.7 Å². The summed E-state index contributed by atoms with van der Waals surface area (Å²) >= 11 is 6.07. The lowest BCUT2D eigenvalue weighted by atomic mass is 9.32. The molecule has 1 fully saturated rings. The molecular formula is C25H20B7ClF3N7O3. The first-order valence-corrected chi connectivity index (χ1v) is 14.2. The van der Waals surface area contributed by atoms with Gasteiger partial charge in [0.25, 0.3) is 5.56 Å². The predicted molar refractivity (Wildman–Crippen MR) is 173 cm³/mol. The van der Waals surface area contributed by atoms with Gasteiger partial charge in [0.1, 0.15) is 12.2 Å². The van der Waals surface area contributed by atoms with Crippen molar-refractivity contribution in [2.75, 3.05) is 23.4 Å². The number of nitrogens with zero attached hydrogens (tertiary/aromatic N) is 5. The molecule has 0 aliphatic carbocycles. The van der Waals surface area contributed by atoms with Gasteiger partial charge in [0.05, 0.1) is 90.1 Å². The van der Waals surface area contributed by atoms with Gasteiger partial charge in [-0.15, -0.1) is 5.10 Å². The van der Waals surface area contributed by atoms with Crippen molar-refractivity contribution in [1.82, 2.24) is 24.5 Å². The number of fused-ring (bicyclic) bond motifs is 1. The van der Waals surface area contributed by atoms with Crippen molar-refractivity contribution in [2.24, 2.45) is 0 Å². The molecule has 2 aliphatic heterocycles. The van der Waals surface area contributed by atoms with Gasteiger partial charge >= 0.3 is 6.18 Å². The number of carbonyl (C=O) groups excluding carboxylic acids is 1. The van der Waals surface area contributed by atoms with Crippen LogP contribution in [-0.2, 0) is 28.7 Å². The number of anilines is 2. The molecule has 0 spiro atoms. The smallest absolute Gasteiger partial charge is 0.388 e. The molecule has 2 aromatic heterocycles. The zero-order chi connectivity index (χ0) is 34.0. The largest absolute Gasteiger partial charge is 0.416 e. The quantitative estimate of drug-likeness (QED) is 0.351. The summed E-state index contributed by atoms with van der Waals surface area (Å²) in [5.74, 6) is -2.06. The second-order valence-corrected chi connectivity index (χ2v) is 11.4. The van der Waals surface area contributed by atoms with E-state index in [1.54, 1.807) is 13.0 Å². The third kappa shape index (κ3) is 5.85. The van der Waals surface area contributed by atoms with E-state index in [0.717, 1.165) is 21.5 Å². The van der Waals surface area contributed by atoms with E-state index in [-0.39, 0.29) is 46.7 Å². The summed E-state index contributed by atoms with van der Waals surface area (Å²) in [5.41, 5.74) is -1.51. The van der Waals surface area contributed by atoms with Gasteiger partial charge in [0, 0.05) is 0 Å². The monoisotopic (exact) mass is 635 g/mol. The normalized spacial score (nSPS) is 20.8. The number of amides is 1. The summed E-state index contributed by atoms with van der Waals surface area (Å²) in [5, 5.41) is 2.36. The molecule has 21 heteroatoms. The Morgan fingerprint density at radius 2 is 1.91 bits per heavy atom. The molecule has 5 rings (SSSR count). The van der Waals surface area contributed by atoms with Crippen molar-refractivity contribution in [3.05, 3.63) is 56.7 Å². The fourth-order valence-corrected chi connectivity index (χ4v) is 5.57. The minimum Gasteiger partial charge on any atom is -0.388 e. The van der Waals surface area contributed by atoms with Gasteiger partial charge < -0.3 is 24.8 Å². The van der Waals surface area contributed by atoms with Gasteiger partial charge in [-0.25, -0.2) is 0 Å². The molecule has 1 saturated heterocycles. The van der Waals surface area contributed by atoms with Crippen LogP contribution in [0.25, 0.3) is 11.4 Å². The van der Waals surface area contributed by atoms with Crippen molar-refractivity contribution in [2.45, 2.75) is 54.4 Å². The Bertz CT molecular complexity index is 1800. The Morgan fingerprint density at radius 1 is 1.22 bits per heavy atom. The van der Waals surface area contributed by atoms with E-state index < -0.39 is 51.7 Å². The number of piperazine rings is 1. The van der Waals surface area contributed by atoms with Crippen LogP contribution in [0.4, 0.5) is 24.5 Å².